The average Bonchev–Trinajstić information content (AvgIpc) is 3.49. The summed E-state index contributed by atoms with van der Waals surface area (Å²) in [6.45, 7) is 7.85. The molecule has 0 spiro atoms. The summed E-state index contributed by atoms with van der Waals surface area (Å²) in [4.78, 5) is 30.3. The molecule has 0 N–H and O–H groups in total. The number of amides is 1. The Kier molecular flexibility index (Phi) is 6.68. The minimum absolute atomic E-state index is 0.359. The molecule has 0 bridgehead atoms. The average molecular weight is 455 g/mol. The lowest BCUT2D eigenvalue weighted by Gasteiger charge is -2.36. The van der Waals surface area contributed by atoms with Gasteiger partial charge in [-0.3, -0.25) is 4.79 Å². The van der Waals surface area contributed by atoms with E-state index in [0.29, 0.717) is 11.8 Å². The SMILES string of the molecule is CCC(C)c1nc(N2CCN(C(=O)CCC3CCCC3)CC2)c2c3c(sc2n1)CCCC3. The van der Waals surface area contributed by atoms with Gasteiger partial charge in [0.05, 0.1) is 5.39 Å². The van der Waals surface area contributed by atoms with Crippen molar-refractivity contribution in [3.8, 4) is 0 Å². The molecular weight excluding hydrogens is 416 g/mol. The van der Waals surface area contributed by atoms with Crippen LogP contribution < -0.4 is 4.90 Å². The summed E-state index contributed by atoms with van der Waals surface area (Å²) in [5, 5.41) is 1.32. The van der Waals surface area contributed by atoms with Crippen molar-refractivity contribution in [3.05, 3.63) is 16.3 Å². The zero-order valence-corrected chi connectivity index (χ0v) is 20.7. The van der Waals surface area contributed by atoms with Crippen LogP contribution in [0.3, 0.4) is 0 Å². The van der Waals surface area contributed by atoms with Gasteiger partial charge in [-0.2, -0.15) is 0 Å². The largest absolute Gasteiger partial charge is 0.352 e. The number of nitrogens with zero attached hydrogens (tertiary/aromatic N) is 4. The van der Waals surface area contributed by atoms with Gasteiger partial charge in [-0.15, -0.1) is 11.3 Å². The number of carbonyl (C=O) groups excluding carboxylic acids is 1. The van der Waals surface area contributed by atoms with Crippen LogP contribution >= 0.6 is 11.3 Å². The lowest BCUT2D eigenvalue weighted by Crippen LogP contribution is -2.49. The summed E-state index contributed by atoms with van der Waals surface area (Å²) in [5.41, 5.74) is 1.51. The Morgan fingerprint density at radius 1 is 1.06 bits per heavy atom. The summed E-state index contributed by atoms with van der Waals surface area (Å²) in [6.07, 6.45) is 13.2. The molecule has 1 unspecified atom stereocenters. The molecule has 3 heterocycles. The fourth-order valence-electron chi connectivity index (χ4n) is 5.74. The van der Waals surface area contributed by atoms with Gasteiger partial charge in [-0.25, -0.2) is 9.97 Å². The van der Waals surface area contributed by atoms with Gasteiger partial charge in [-0.1, -0.05) is 39.5 Å². The third kappa shape index (κ3) is 4.40. The number of anilines is 1. The second kappa shape index (κ2) is 9.66. The van der Waals surface area contributed by atoms with E-state index in [1.165, 1.54) is 65.6 Å². The van der Waals surface area contributed by atoms with Gasteiger partial charge in [-0.05, 0) is 50.0 Å². The van der Waals surface area contributed by atoms with Crippen LogP contribution in [0.15, 0.2) is 0 Å². The Hall–Kier alpha value is -1.69. The molecule has 5 nitrogen and oxygen atoms in total. The number of aromatic nitrogens is 2. The number of hydrogen-bond donors (Lipinski definition) is 0. The van der Waals surface area contributed by atoms with Crippen molar-refractivity contribution in [1.29, 1.82) is 0 Å². The van der Waals surface area contributed by atoms with E-state index in [2.05, 4.69) is 23.6 Å². The lowest BCUT2D eigenvalue weighted by atomic mass is 9.96. The van der Waals surface area contributed by atoms with Gasteiger partial charge in [0.1, 0.15) is 16.5 Å². The third-order valence-corrected chi connectivity index (χ3v) is 9.22. The second-order valence-electron chi connectivity index (χ2n) is 10.2. The maximum Gasteiger partial charge on any atom is 0.222 e. The topological polar surface area (TPSA) is 49.3 Å². The van der Waals surface area contributed by atoms with Gasteiger partial charge in [0.25, 0.3) is 0 Å². The zero-order valence-electron chi connectivity index (χ0n) is 19.9. The maximum absolute atomic E-state index is 12.8. The molecule has 1 saturated heterocycles. The highest BCUT2D eigenvalue weighted by Crippen LogP contribution is 2.40. The van der Waals surface area contributed by atoms with E-state index < -0.39 is 0 Å². The highest BCUT2D eigenvalue weighted by molar-refractivity contribution is 7.19. The van der Waals surface area contributed by atoms with Crippen LogP contribution in [-0.2, 0) is 17.6 Å². The zero-order chi connectivity index (χ0) is 22.1. The van der Waals surface area contributed by atoms with Gasteiger partial charge in [0.15, 0.2) is 0 Å². The molecule has 1 amide bonds. The molecule has 3 aliphatic rings. The lowest BCUT2D eigenvalue weighted by molar-refractivity contribution is -0.131. The number of thiophene rings is 1. The van der Waals surface area contributed by atoms with Crippen molar-refractivity contribution in [2.45, 2.75) is 90.4 Å². The quantitative estimate of drug-likeness (QED) is 0.561. The Bertz CT molecular complexity index is 956. The van der Waals surface area contributed by atoms with Gasteiger partial charge in [0, 0.05) is 43.4 Å². The minimum Gasteiger partial charge on any atom is -0.352 e. The van der Waals surface area contributed by atoms with E-state index in [1.807, 2.05) is 11.3 Å². The molecule has 0 radical (unpaired) electrons. The first-order chi connectivity index (χ1) is 15.6. The number of piperazine rings is 1. The Morgan fingerprint density at radius 3 is 2.56 bits per heavy atom. The van der Waals surface area contributed by atoms with Gasteiger partial charge < -0.3 is 9.80 Å². The van der Waals surface area contributed by atoms with Crippen molar-refractivity contribution >= 4 is 33.3 Å². The summed E-state index contributed by atoms with van der Waals surface area (Å²) in [7, 11) is 0. The second-order valence-corrected chi connectivity index (χ2v) is 11.2. The smallest absolute Gasteiger partial charge is 0.222 e. The first-order valence-electron chi connectivity index (χ1n) is 13.0. The number of rotatable bonds is 6. The highest BCUT2D eigenvalue weighted by Gasteiger charge is 2.28. The fraction of sp³-hybridized carbons (Fsp3) is 0.731. The monoisotopic (exact) mass is 454 g/mol. The number of aryl methyl sites for hydroxylation is 2. The van der Waals surface area contributed by atoms with E-state index in [4.69, 9.17) is 9.97 Å². The first-order valence-corrected chi connectivity index (χ1v) is 13.8. The Balaban J connectivity index is 1.34. The van der Waals surface area contributed by atoms with Crippen LogP contribution in [0.25, 0.3) is 10.2 Å². The van der Waals surface area contributed by atoms with E-state index in [0.717, 1.165) is 69.4 Å². The Morgan fingerprint density at radius 2 is 1.81 bits per heavy atom. The Labute approximate surface area is 196 Å². The molecule has 2 aliphatic carbocycles. The predicted octanol–water partition coefficient (Wildman–Crippen LogP) is 5.70. The molecule has 32 heavy (non-hydrogen) atoms. The predicted molar refractivity (Wildman–Crippen MR) is 133 cm³/mol. The van der Waals surface area contributed by atoms with Crippen LogP contribution in [0.1, 0.15) is 93.8 Å². The number of carbonyl (C=O) groups is 1. The molecule has 1 aliphatic heterocycles. The molecule has 0 aromatic carbocycles. The van der Waals surface area contributed by atoms with E-state index in [9.17, 15) is 4.79 Å². The standard InChI is InChI=1S/C26H38N4OS/c1-3-18(2)24-27-25(23-20-10-6-7-11-21(20)32-26(23)28-24)30-16-14-29(15-17-30)22(31)13-12-19-8-4-5-9-19/h18-19H,3-17H2,1-2H3. The van der Waals surface area contributed by atoms with Crippen LogP contribution in [0.4, 0.5) is 5.82 Å². The van der Waals surface area contributed by atoms with Crippen molar-refractivity contribution < 1.29 is 4.79 Å². The van der Waals surface area contributed by atoms with Crippen molar-refractivity contribution in [3.63, 3.8) is 0 Å². The summed E-state index contributed by atoms with van der Waals surface area (Å²) < 4.78 is 0. The van der Waals surface area contributed by atoms with Gasteiger partial charge >= 0.3 is 0 Å². The summed E-state index contributed by atoms with van der Waals surface area (Å²) >= 11 is 1.90. The van der Waals surface area contributed by atoms with Crippen LogP contribution in [0.5, 0.6) is 0 Å². The van der Waals surface area contributed by atoms with E-state index >= 15 is 0 Å². The van der Waals surface area contributed by atoms with Crippen LogP contribution in [0.2, 0.25) is 0 Å². The highest BCUT2D eigenvalue weighted by atomic mass is 32.1. The summed E-state index contributed by atoms with van der Waals surface area (Å²) in [6, 6.07) is 0. The molecular formula is C26H38N4OS. The van der Waals surface area contributed by atoms with Crippen LogP contribution in [-0.4, -0.2) is 47.0 Å². The summed E-state index contributed by atoms with van der Waals surface area (Å²) in [5.74, 6) is 3.65. The molecule has 174 valence electrons. The van der Waals surface area contributed by atoms with Crippen molar-refractivity contribution in [2.75, 3.05) is 31.1 Å². The molecule has 2 fully saturated rings. The molecule has 2 aromatic rings. The van der Waals surface area contributed by atoms with Crippen molar-refractivity contribution in [1.82, 2.24) is 14.9 Å². The van der Waals surface area contributed by atoms with E-state index in [-0.39, 0.29) is 0 Å². The first kappa shape index (κ1) is 22.1. The minimum atomic E-state index is 0.359. The molecule has 5 rings (SSSR count). The molecule has 6 heteroatoms. The fourth-order valence-corrected chi connectivity index (χ4v) is 7.00. The maximum atomic E-state index is 12.8. The molecule has 1 saturated carbocycles. The van der Waals surface area contributed by atoms with Crippen LogP contribution in [0, 0.1) is 5.92 Å². The molecule has 2 aromatic heterocycles. The normalized spacial score (nSPS) is 20.7. The number of hydrogen-bond acceptors (Lipinski definition) is 5. The molecule has 1 atom stereocenters. The van der Waals surface area contributed by atoms with E-state index in [1.54, 1.807) is 0 Å². The van der Waals surface area contributed by atoms with Gasteiger partial charge in [0.2, 0.25) is 5.91 Å². The number of fused-ring (bicyclic) bond motifs is 3. The third-order valence-electron chi connectivity index (χ3n) is 8.04. The van der Waals surface area contributed by atoms with Crippen molar-refractivity contribution in [2.24, 2.45) is 5.92 Å².